The molecule has 26 heteroatoms. The number of carbonyl (C=O) groups excluding carboxylic acids is 1. The molecule has 338 valence electrons. The van der Waals surface area contributed by atoms with Crippen molar-refractivity contribution in [2.24, 2.45) is 0 Å². The molecular weight excluding hydrogens is 923 g/mol. The van der Waals surface area contributed by atoms with Crippen molar-refractivity contribution in [1.82, 2.24) is 0 Å². The van der Waals surface area contributed by atoms with E-state index in [0.717, 1.165) is 32.8 Å². The maximum absolute atomic E-state index is 12.3. The van der Waals surface area contributed by atoms with Gasteiger partial charge < -0.3 is 14.5 Å². The van der Waals surface area contributed by atoms with Crippen molar-refractivity contribution in [3.8, 4) is 0 Å². The lowest BCUT2D eigenvalue weighted by Gasteiger charge is -2.46. The smallest absolute Gasteiger partial charge is 0.425 e. The standard InChI is InChI=1S/C35H47N3O11S3Si.2O3S/c1-23-19-34(2,3)37(10-8-12-49-22-39)29-17-31-27(15-25(23)29)33(36-9-13-50(40,41)42)28-16-26-24(21-52(46,47)48)20-35(4,5)38(11-14-51(43,44)45)30(26)18-32(28)53(31,6)7;2*1-4(2)3/h15-20,22H,8-14,21H2,1-7H3,(H,40,41,42)(H,43,44,45)(H,46,47,48);;/p+1. The highest BCUT2D eigenvalue weighted by Crippen LogP contribution is 2.43. The number of rotatable bonds is 13. The lowest BCUT2D eigenvalue weighted by atomic mass is 9.85. The highest BCUT2D eigenvalue weighted by atomic mass is 32.2. The van der Waals surface area contributed by atoms with Gasteiger partial charge in [0.2, 0.25) is 5.71 Å². The van der Waals surface area contributed by atoms with E-state index in [-0.39, 0.29) is 25.2 Å². The fourth-order valence-electron chi connectivity index (χ4n) is 8.01. The monoisotopic (exact) mass is 970 g/mol. The first-order chi connectivity index (χ1) is 27.7. The Morgan fingerprint density at radius 3 is 1.64 bits per heavy atom. The molecule has 0 saturated heterocycles. The molecule has 0 atom stereocenters. The van der Waals surface area contributed by atoms with Gasteiger partial charge in [0.25, 0.3) is 36.8 Å². The Morgan fingerprint density at radius 2 is 1.16 bits per heavy atom. The molecule has 5 rings (SSSR count). The van der Waals surface area contributed by atoms with Crippen LogP contribution in [0.1, 0.15) is 63.3 Å². The average Bonchev–Trinajstić information content (AvgIpc) is 3.05. The van der Waals surface area contributed by atoms with Crippen LogP contribution < -0.4 is 25.2 Å². The van der Waals surface area contributed by atoms with Gasteiger partial charge in [-0.05, 0) is 86.8 Å². The van der Waals surface area contributed by atoms with Crippen molar-refractivity contribution < 1.29 is 78.7 Å². The highest BCUT2D eigenvalue weighted by Gasteiger charge is 2.45. The molecule has 4 N–H and O–H groups in total. The minimum Gasteiger partial charge on any atom is -0.468 e. The molecule has 0 radical (unpaired) electrons. The lowest BCUT2D eigenvalue weighted by molar-refractivity contribution is -0.450. The van der Waals surface area contributed by atoms with Crippen LogP contribution in [0.2, 0.25) is 13.1 Å². The van der Waals surface area contributed by atoms with Crippen molar-refractivity contribution in [2.45, 2.75) is 65.2 Å². The van der Waals surface area contributed by atoms with E-state index in [1.54, 1.807) is 30.9 Å². The third-order valence-corrected chi connectivity index (χ3v) is 15.9. The predicted molar refractivity (Wildman–Crippen MR) is 228 cm³/mol. The number of nitrogens with one attached hydrogen (secondary N) is 1. The van der Waals surface area contributed by atoms with Crippen LogP contribution in [0.15, 0.2) is 36.4 Å². The zero-order valence-corrected chi connectivity index (χ0v) is 39.3. The fourth-order valence-corrected chi connectivity index (χ4v) is 12.4. The molecular formula is C35H48N3O17S5Si+. The molecule has 2 aromatic rings. The van der Waals surface area contributed by atoms with Gasteiger partial charge in [0.1, 0.15) is 19.6 Å². The van der Waals surface area contributed by atoms with Crippen LogP contribution in [-0.2, 0) is 61.1 Å². The number of ether oxygens (including phenoxy) is 1. The van der Waals surface area contributed by atoms with Crippen LogP contribution in [0, 0.1) is 0 Å². The van der Waals surface area contributed by atoms with Crippen LogP contribution in [0.4, 0.5) is 11.4 Å². The van der Waals surface area contributed by atoms with Crippen molar-refractivity contribution in [3.63, 3.8) is 0 Å². The van der Waals surface area contributed by atoms with Crippen LogP contribution in [0.5, 0.6) is 0 Å². The summed E-state index contributed by atoms with van der Waals surface area (Å²) in [5.74, 6) is -1.87. The maximum Gasteiger partial charge on any atom is 0.425 e. The van der Waals surface area contributed by atoms with E-state index in [2.05, 4.69) is 55.0 Å². The van der Waals surface area contributed by atoms with Crippen LogP contribution in [0.3, 0.4) is 0 Å². The summed E-state index contributed by atoms with van der Waals surface area (Å²) in [6.07, 6.45) is 4.41. The maximum atomic E-state index is 12.3. The van der Waals surface area contributed by atoms with Gasteiger partial charge in [-0.1, -0.05) is 25.2 Å². The largest absolute Gasteiger partial charge is 0.468 e. The Hall–Kier alpha value is -4.15. The van der Waals surface area contributed by atoms with E-state index in [0.29, 0.717) is 47.5 Å². The molecule has 20 nitrogen and oxygen atoms in total. The van der Waals surface area contributed by atoms with Gasteiger partial charge in [-0.2, -0.15) is 25.3 Å². The van der Waals surface area contributed by atoms with Gasteiger partial charge in [-0.25, -0.2) is 4.99 Å². The number of nitrogens with zero attached hydrogens (tertiary/aromatic N) is 2. The van der Waals surface area contributed by atoms with Crippen molar-refractivity contribution in [3.05, 3.63) is 58.7 Å². The molecule has 61 heavy (non-hydrogen) atoms. The quantitative estimate of drug-likeness (QED) is 0.0805. The molecule has 0 aliphatic carbocycles. The summed E-state index contributed by atoms with van der Waals surface area (Å²) in [7, 11) is -22.2. The van der Waals surface area contributed by atoms with E-state index in [1.165, 1.54) is 0 Å². The summed E-state index contributed by atoms with van der Waals surface area (Å²) in [6.45, 7) is 15.2. The Labute approximate surface area is 358 Å². The zero-order valence-electron chi connectivity index (χ0n) is 34.2. The second kappa shape index (κ2) is 19.1. The van der Waals surface area contributed by atoms with Gasteiger partial charge in [0.05, 0.1) is 23.4 Å². The Morgan fingerprint density at radius 1 is 0.705 bits per heavy atom. The molecule has 2 aromatic carbocycles. The summed E-state index contributed by atoms with van der Waals surface area (Å²) in [5, 5.41) is 1.91. The van der Waals surface area contributed by atoms with E-state index in [4.69, 9.17) is 30.0 Å². The first-order valence-corrected chi connectivity index (χ1v) is 27.9. The molecule has 0 aromatic heterocycles. The SMILES string of the molecule is CC1=CC(C)(C)N(CCCOC=O)c2cc3c(cc21)C(=[NH+]CCS(=O)(=O)O)c1cc2c(cc1[Si]3(C)C)N(CCS(=O)(=O)O)C(C)(C)C=C2CS(=O)(=O)O.O=S(=O)=O.O=S(=O)=O. The minimum atomic E-state index is -4.51. The van der Waals surface area contributed by atoms with Gasteiger partial charge >= 0.3 is 21.2 Å². The molecule has 0 spiro atoms. The number of hydrogen-bond acceptors (Lipinski definition) is 16. The lowest BCUT2D eigenvalue weighted by Crippen LogP contribution is -2.78. The van der Waals surface area contributed by atoms with Crippen molar-refractivity contribution in [1.29, 1.82) is 0 Å². The summed E-state index contributed by atoms with van der Waals surface area (Å²) in [5.41, 5.74) is 4.94. The summed E-state index contributed by atoms with van der Waals surface area (Å²) in [6, 6.07) is 7.97. The Balaban J connectivity index is 0.00000114. The minimum absolute atomic E-state index is 0.119. The topological polar surface area (TPSA) is 312 Å². The summed E-state index contributed by atoms with van der Waals surface area (Å²) >= 11 is 0. The Kier molecular flexibility index (Phi) is 16.0. The number of fused-ring (bicyclic) bond motifs is 4. The molecule has 0 fully saturated rings. The second-order valence-electron chi connectivity index (χ2n) is 15.9. The van der Waals surface area contributed by atoms with Crippen LogP contribution in [-0.4, -0.2) is 139 Å². The Bertz CT molecular complexity index is 2710. The number of hydrogen-bond donors (Lipinski definition) is 4. The van der Waals surface area contributed by atoms with E-state index in [1.807, 2.05) is 13.0 Å². The zero-order chi connectivity index (χ0) is 46.7. The summed E-state index contributed by atoms with van der Waals surface area (Å²) < 4.78 is 157. The van der Waals surface area contributed by atoms with E-state index < -0.39 is 82.4 Å². The summed E-state index contributed by atoms with van der Waals surface area (Å²) in [4.78, 5) is 18.2. The molecule has 0 bridgehead atoms. The third-order valence-electron chi connectivity index (χ3n) is 10.3. The number of anilines is 2. The van der Waals surface area contributed by atoms with Gasteiger partial charge in [0, 0.05) is 46.7 Å². The second-order valence-corrected chi connectivity index (χ2v) is 25.6. The van der Waals surface area contributed by atoms with Crippen LogP contribution in [0.25, 0.3) is 11.1 Å². The molecule has 3 aliphatic rings. The van der Waals surface area contributed by atoms with Crippen molar-refractivity contribution in [2.75, 3.05) is 53.3 Å². The number of allylic oxidation sites excluding steroid dienone is 1. The van der Waals surface area contributed by atoms with Gasteiger partial charge in [-0.3, -0.25) is 18.5 Å². The van der Waals surface area contributed by atoms with Gasteiger partial charge in [-0.15, -0.1) is 25.3 Å². The number of benzene rings is 2. The number of carbonyl (C=O) groups is 1. The molecule has 3 heterocycles. The van der Waals surface area contributed by atoms with Crippen molar-refractivity contribution >= 4 is 105 Å². The molecule has 0 saturated carbocycles. The van der Waals surface area contributed by atoms with E-state index >= 15 is 0 Å². The normalized spacial score (nSPS) is 17.6. The van der Waals surface area contributed by atoms with Crippen LogP contribution >= 0.6 is 0 Å². The molecule has 0 amide bonds. The average molecular weight is 971 g/mol. The highest BCUT2D eigenvalue weighted by molar-refractivity contribution is 7.86. The molecule has 3 aliphatic heterocycles. The third kappa shape index (κ3) is 13.4. The molecule has 0 unspecified atom stereocenters. The first-order valence-electron chi connectivity index (χ1n) is 18.1. The predicted octanol–water partition coefficient (Wildman–Crippen LogP) is -1.06. The first kappa shape index (κ1) is 51.2. The van der Waals surface area contributed by atoms with Gasteiger partial charge in [0.15, 0.2) is 6.54 Å². The fraction of sp³-hybridized carbons (Fsp3) is 0.486. The van der Waals surface area contributed by atoms with E-state index in [9.17, 15) is 43.7 Å².